The first kappa shape index (κ1) is 12.6. The molecular formula is C10H7Cl2NO3S. The summed E-state index contributed by atoms with van der Waals surface area (Å²) >= 11 is 9.93. The van der Waals surface area contributed by atoms with Gasteiger partial charge >= 0.3 is 0 Å². The maximum atomic E-state index is 11.8. The van der Waals surface area contributed by atoms with Gasteiger partial charge in [-0.05, 0) is 24.2 Å². The van der Waals surface area contributed by atoms with Crippen molar-refractivity contribution in [3.8, 4) is 5.75 Å². The predicted octanol–water partition coefficient (Wildman–Crippen LogP) is 2.49. The fourth-order valence-corrected chi connectivity index (χ4v) is 2.70. The molecule has 0 bridgehead atoms. The average Bonchev–Trinajstić information content (AvgIpc) is 2.68. The van der Waals surface area contributed by atoms with E-state index in [9.17, 15) is 9.35 Å². The molecule has 2 unspecified atom stereocenters. The number of hydrogen-bond donors (Lipinski definition) is 1. The molecule has 0 saturated heterocycles. The van der Waals surface area contributed by atoms with Gasteiger partial charge in [0.1, 0.15) is 0 Å². The van der Waals surface area contributed by atoms with Crippen molar-refractivity contribution in [1.82, 2.24) is 0 Å². The molecule has 4 nitrogen and oxygen atoms in total. The highest BCUT2D eigenvalue weighted by Crippen LogP contribution is 2.39. The Labute approximate surface area is 111 Å². The fourth-order valence-electron chi connectivity index (χ4n) is 1.39. The number of benzene rings is 1. The molecule has 1 aromatic rings. The SMILES string of the molecule is C=C(Cl)[S+]([O-])c1cc2c(cc1Cl)NC(C=O)O2. The van der Waals surface area contributed by atoms with Gasteiger partial charge < -0.3 is 14.6 Å². The first-order valence-corrected chi connectivity index (χ1v) is 6.41. The summed E-state index contributed by atoms with van der Waals surface area (Å²) in [5, 5.41) is 3.06. The van der Waals surface area contributed by atoms with Crippen LogP contribution in [0.4, 0.5) is 5.69 Å². The number of nitrogens with one attached hydrogen (secondary N) is 1. The molecule has 17 heavy (non-hydrogen) atoms. The number of carbonyl (C=O) groups is 1. The zero-order chi connectivity index (χ0) is 12.6. The Kier molecular flexibility index (Phi) is 3.53. The van der Waals surface area contributed by atoms with Gasteiger partial charge in [-0.25, -0.2) is 0 Å². The van der Waals surface area contributed by atoms with Gasteiger partial charge in [-0.1, -0.05) is 11.6 Å². The molecule has 0 fully saturated rings. The van der Waals surface area contributed by atoms with Crippen LogP contribution in [0.15, 0.2) is 28.0 Å². The van der Waals surface area contributed by atoms with Crippen LogP contribution in [0.1, 0.15) is 0 Å². The van der Waals surface area contributed by atoms with Gasteiger partial charge in [0.05, 0.1) is 10.7 Å². The van der Waals surface area contributed by atoms with Crippen molar-refractivity contribution in [1.29, 1.82) is 0 Å². The number of aldehydes is 1. The summed E-state index contributed by atoms with van der Waals surface area (Å²) in [4.78, 5) is 10.9. The van der Waals surface area contributed by atoms with Gasteiger partial charge in [0.25, 0.3) is 0 Å². The van der Waals surface area contributed by atoms with E-state index in [1.54, 1.807) is 0 Å². The quantitative estimate of drug-likeness (QED) is 0.687. The first-order valence-electron chi connectivity index (χ1n) is 4.51. The van der Waals surface area contributed by atoms with Gasteiger partial charge in [-0.2, -0.15) is 0 Å². The Balaban J connectivity index is 2.39. The highest BCUT2D eigenvalue weighted by Gasteiger charge is 2.27. The zero-order valence-corrected chi connectivity index (χ0v) is 10.7. The minimum absolute atomic E-state index is 0.0234. The summed E-state index contributed by atoms with van der Waals surface area (Å²) < 4.78 is 17.0. The second-order valence-electron chi connectivity index (χ2n) is 3.22. The Morgan fingerprint density at radius 2 is 2.35 bits per heavy atom. The van der Waals surface area contributed by atoms with Gasteiger partial charge in [0.15, 0.2) is 16.9 Å². The Morgan fingerprint density at radius 3 is 2.94 bits per heavy atom. The summed E-state index contributed by atoms with van der Waals surface area (Å²) in [5.74, 6) is 0.410. The lowest BCUT2D eigenvalue weighted by Gasteiger charge is -2.10. The molecule has 0 radical (unpaired) electrons. The lowest BCUT2D eigenvalue weighted by molar-refractivity contribution is -0.112. The second-order valence-corrected chi connectivity index (χ2v) is 5.78. The van der Waals surface area contributed by atoms with Crippen LogP contribution in [-0.4, -0.2) is 17.1 Å². The van der Waals surface area contributed by atoms with Crippen LogP contribution in [0.3, 0.4) is 0 Å². The Hall–Kier alpha value is -0.880. The van der Waals surface area contributed by atoms with E-state index in [0.29, 0.717) is 22.6 Å². The van der Waals surface area contributed by atoms with Gasteiger partial charge in [-0.15, -0.1) is 0 Å². The molecule has 0 aliphatic carbocycles. The molecule has 1 N–H and O–H groups in total. The van der Waals surface area contributed by atoms with Crippen molar-refractivity contribution in [3.05, 3.63) is 28.1 Å². The zero-order valence-electron chi connectivity index (χ0n) is 8.41. The van der Waals surface area contributed by atoms with Crippen molar-refractivity contribution in [2.24, 2.45) is 0 Å². The number of halogens is 2. The average molecular weight is 292 g/mol. The van der Waals surface area contributed by atoms with E-state index < -0.39 is 17.4 Å². The van der Waals surface area contributed by atoms with Crippen LogP contribution in [0.25, 0.3) is 0 Å². The van der Waals surface area contributed by atoms with Gasteiger partial charge in [0.2, 0.25) is 10.6 Å². The topological polar surface area (TPSA) is 61.4 Å². The molecule has 2 atom stereocenters. The normalized spacial score (nSPS) is 18.9. The molecule has 7 heteroatoms. The maximum Gasteiger partial charge on any atom is 0.226 e. The number of fused-ring (bicyclic) bond motifs is 1. The molecule has 0 aromatic heterocycles. The summed E-state index contributed by atoms with van der Waals surface area (Å²) in [5.41, 5.74) is 0.577. The first-order chi connectivity index (χ1) is 8.02. The highest BCUT2D eigenvalue weighted by atomic mass is 35.5. The van der Waals surface area contributed by atoms with E-state index in [1.165, 1.54) is 12.1 Å². The summed E-state index contributed by atoms with van der Waals surface area (Å²) in [6.45, 7) is 3.39. The van der Waals surface area contributed by atoms with Gasteiger partial charge in [-0.3, -0.25) is 4.79 Å². The molecule has 90 valence electrons. The van der Waals surface area contributed by atoms with Gasteiger partial charge in [0, 0.05) is 17.2 Å². The van der Waals surface area contributed by atoms with Crippen LogP contribution < -0.4 is 10.1 Å². The largest absolute Gasteiger partial charge is 0.606 e. The van der Waals surface area contributed by atoms with E-state index in [2.05, 4.69) is 11.9 Å². The summed E-state index contributed by atoms with van der Waals surface area (Å²) in [6, 6.07) is 3.02. The minimum Gasteiger partial charge on any atom is -0.606 e. The fraction of sp³-hybridized carbons (Fsp3) is 0.100. The lowest BCUT2D eigenvalue weighted by Crippen LogP contribution is -2.20. The predicted molar refractivity (Wildman–Crippen MR) is 67.0 cm³/mol. The molecule has 1 aromatic carbocycles. The number of carbonyl (C=O) groups excluding carboxylic acids is 1. The van der Waals surface area contributed by atoms with Crippen molar-refractivity contribution in [2.45, 2.75) is 11.1 Å². The number of anilines is 1. The monoisotopic (exact) mass is 291 g/mol. The Bertz CT molecular complexity index is 495. The van der Waals surface area contributed by atoms with E-state index in [0.717, 1.165) is 0 Å². The van der Waals surface area contributed by atoms with E-state index in [4.69, 9.17) is 27.9 Å². The number of rotatable bonds is 3. The lowest BCUT2D eigenvalue weighted by atomic mass is 10.3. The molecule has 2 rings (SSSR count). The van der Waals surface area contributed by atoms with Crippen molar-refractivity contribution in [2.75, 3.05) is 5.32 Å². The molecule has 0 amide bonds. The molecule has 0 spiro atoms. The third-order valence-electron chi connectivity index (χ3n) is 2.11. The van der Waals surface area contributed by atoms with Crippen molar-refractivity contribution < 1.29 is 14.1 Å². The number of ether oxygens (including phenoxy) is 1. The molecule has 0 saturated carbocycles. The summed E-state index contributed by atoms with van der Waals surface area (Å²) in [7, 11) is 0. The third kappa shape index (κ3) is 2.37. The van der Waals surface area contributed by atoms with Crippen molar-refractivity contribution >= 4 is 46.4 Å². The second kappa shape index (κ2) is 4.78. The van der Waals surface area contributed by atoms with Crippen LogP contribution in [-0.2, 0) is 16.0 Å². The molecular weight excluding hydrogens is 285 g/mol. The maximum absolute atomic E-state index is 11.8. The molecule has 1 aliphatic rings. The minimum atomic E-state index is -1.61. The van der Waals surface area contributed by atoms with Crippen LogP contribution >= 0.6 is 23.2 Å². The molecule has 1 aliphatic heterocycles. The Morgan fingerprint density at radius 1 is 1.65 bits per heavy atom. The summed E-state index contributed by atoms with van der Waals surface area (Å²) in [6.07, 6.45) is -0.130. The van der Waals surface area contributed by atoms with E-state index in [1.807, 2.05) is 0 Å². The molecule has 1 heterocycles. The van der Waals surface area contributed by atoms with Crippen molar-refractivity contribution in [3.63, 3.8) is 0 Å². The van der Waals surface area contributed by atoms with E-state index >= 15 is 0 Å². The third-order valence-corrected chi connectivity index (χ3v) is 4.10. The standard InChI is InChI=1S/C10H7Cl2NO3S/c1-5(11)17(15)9-3-8-7(2-6(9)12)13-10(4-14)16-8/h2-4,10,13H,1H2. The van der Waals surface area contributed by atoms with Crippen LogP contribution in [0.2, 0.25) is 5.02 Å². The number of hydrogen-bond acceptors (Lipinski definition) is 4. The highest BCUT2D eigenvalue weighted by molar-refractivity contribution is 7.97. The van der Waals surface area contributed by atoms with E-state index in [-0.39, 0.29) is 9.39 Å². The van der Waals surface area contributed by atoms with Crippen LogP contribution in [0, 0.1) is 0 Å². The van der Waals surface area contributed by atoms with Crippen LogP contribution in [0.5, 0.6) is 5.75 Å². The smallest absolute Gasteiger partial charge is 0.226 e.